The van der Waals surface area contributed by atoms with Gasteiger partial charge in [0.15, 0.2) is 0 Å². The first-order valence-corrected chi connectivity index (χ1v) is 6.71. The molecule has 0 saturated carbocycles. The third kappa shape index (κ3) is 9.67. The molecule has 0 aliphatic rings. The molecule has 1 rings (SSSR count). The summed E-state index contributed by atoms with van der Waals surface area (Å²) in [5.41, 5.74) is 0.792. The van der Waals surface area contributed by atoms with Gasteiger partial charge < -0.3 is 14.8 Å². The van der Waals surface area contributed by atoms with Gasteiger partial charge in [-0.15, -0.1) is 0 Å². The molecule has 9 heteroatoms. The molecule has 0 atom stereocenters. The van der Waals surface area contributed by atoms with Crippen molar-refractivity contribution in [2.45, 2.75) is 25.6 Å². The van der Waals surface area contributed by atoms with Crippen LogP contribution in [0.4, 0.5) is 22.0 Å². The molecule has 1 N–H and O–H groups in total. The summed E-state index contributed by atoms with van der Waals surface area (Å²) in [5.74, 6) is -0.389. The second-order valence-corrected chi connectivity index (χ2v) is 4.54. The van der Waals surface area contributed by atoms with Crippen molar-refractivity contribution in [2.24, 2.45) is 0 Å². The summed E-state index contributed by atoms with van der Waals surface area (Å²) in [6, 6.07) is 5.93. The van der Waals surface area contributed by atoms with Gasteiger partial charge in [-0.3, -0.25) is 4.79 Å². The molecular formula is C14H16F5NO3. The Balaban J connectivity index is 2.17. The average molecular weight is 341 g/mol. The molecule has 0 aromatic heterocycles. The van der Waals surface area contributed by atoms with E-state index in [4.69, 9.17) is 0 Å². The SMILES string of the molecule is O=C(CCOCC(F)(F)F)NCCc1ccc(OC(F)F)cc1. The van der Waals surface area contributed by atoms with Crippen LogP contribution in [0.15, 0.2) is 24.3 Å². The third-order valence-electron chi connectivity index (χ3n) is 2.62. The summed E-state index contributed by atoms with van der Waals surface area (Å²) < 4.78 is 67.8. The lowest BCUT2D eigenvalue weighted by molar-refractivity contribution is -0.174. The molecule has 1 aromatic rings. The van der Waals surface area contributed by atoms with E-state index in [-0.39, 0.29) is 25.3 Å². The summed E-state index contributed by atoms with van der Waals surface area (Å²) in [5, 5.41) is 2.52. The Morgan fingerprint density at radius 1 is 1.17 bits per heavy atom. The van der Waals surface area contributed by atoms with Gasteiger partial charge in [0.25, 0.3) is 0 Å². The van der Waals surface area contributed by atoms with Crippen LogP contribution in [0, 0.1) is 0 Å². The molecule has 0 radical (unpaired) electrons. The van der Waals surface area contributed by atoms with Crippen LogP contribution >= 0.6 is 0 Å². The fourth-order valence-electron chi connectivity index (χ4n) is 1.62. The van der Waals surface area contributed by atoms with Gasteiger partial charge in [0.1, 0.15) is 12.4 Å². The molecule has 23 heavy (non-hydrogen) atoms. The highest BCUT2D eigenvalue weighted by Crippen LogP contribution is 2.15. The summed E-state index contributed by atoms with van der Waals surface area (Å²) >= 11 is 0. The van der Waals surface area contributed by atoms with E-state index in [1.807, 2.05) is 0 Å². The van der Waals surface area contributed by atoms with Crippen molar-refractivity contribution in [1.29, 1.82) is 0 Å². The highest BCUT2D eigenvalue weighted by Gasteiger charge is 2.27. The Morgan fingerprint density at radius 3 is 2.39 bits per heavy atom. The first kappa shape index (κ1) is 19.1. The standard InChI is InChI=1S/C14H16F5NO3/c15-13(16)23-11-3-1-10(2-4-11)5-7-20-12(21)6-8-22-9-14(17,18)19/h1-4,13H,5-9H2,(H,20,21). The number of alkyl halides is 5. The number of ether oxygens (including phenoxy) is 2. The van der Waals surface area contributed by atoms with Crippen molar-refractivity contribution in [3.63, 3.8) is 0 Å². The van der Waals surface area contributed by atoms with Gasteiger partial charge in [-0.2, -0.15) is 22.0 Å². The number of halogens is 5. The molecule has 0 fully saturated rings. The molecule has 0 spiro atoms. The Bertz CT molecular complexity index is 476. The Labute approximate surface area is 129 Å². The summed E-state index contributed by atoms with van der Waals surface area (Å²) in [4.78, 5) is 11.4. The van der Waals surface area contributed by atoms with Gasteiger partial charge in [0.05, 0.1) is 6.61 Å². The van der Waals surface area contributed by atoms with E-state index in [0.29, 0.717) is 6.42 Å². The highest BCUT2D eigenvalue weighted by molar-refractivity contribution is 5.75. The molecule has 0 aliphatic carbocycles. The van der Waals surface area contributed by atoms with E-state index < -0.39 is 25.3 Å². The maximum atomic E-state index is 12.0. The van der Waals surface area contributed by atoms with Gasteiger partial charge in [-0.05, 0) is 24.1 Å². The zero-order valence-corrected chi connectivity index (χ0v) is 12.0. The number of hydrogen-bond donors (Lipinski definition) is 1. The fourth-order valence-corrected chi connectivity index (χ4v) is 1.62. The van der Waals surface area contributed by atoms with E-state index in [2.05, 4.69) is 14.8 Å². The molecule has 0 saturated heterocycles. The molecule has 4 nitrogen and oxygen atoms in total. The smallest absolute Gasteiger partial charge is 0.411 e. The molecule has 0 bridgehead atoms. The summed E-state index contributed by atoms with van der Waals surface area (Å²) in [6.07, 6.45) is -4.13. The number of benzene rings is 1. The number of carbonyl (C=O) groups is 1. The van der Waals surface area contributed by atoms with Crippen molar-refractivity contribution in [3.8, 4) is 5.75 Å². The molecule has 130 valence electrons. The predicted molar refractivity (Wildman–Crippen MR) is 71.3 cm³/mol. The topological polar surface area (TPSA) is 47.6 Å². The number of amides is 1. The van der Waals surface area contributed by atoms with Gasteiger partial charge >= 0.3 is 12.8 Å². The molecule has 0 heterocycles. The van der Waals surface area contributed by atoms with E-state index in [0.717, 1.165) is 5.56 Å². The van der Waals surface area contributed by atoms with E-state index in [9.17, 15) is 26.7 Å². The molecule has 0 aliphatic heterocycles. The molecule has 0 unspecified atom stereocenters. The normalized spacial score (nSPS) is 11.6. The van der Waals surface area contributed by atoms with Crippen molar-refractivity contribution in [3.05, 3.63) is 29.8 Å². The lowest BCUT2D eigenvalue weighted by Crippen LogP contribution is -2.27. The van der Waals surface area contributed by atoms with Gasteiger partial charge in [0, 0.05) is 13.0 Å². The quantitative estimate of drug-likeness (QED) is 0.555. The van der Waals surface area contributed by atoms with Crippen LogP contribution in [0.5, 0.6) is 5.75 Å². The second-order valence-electron chi connectivity index (χ2n) is 4.54. The van der Waals surface area contributed by atoms with Crippen LogP contribution in [0.1, 0.15) is 12.0 Å². The van der Waals surface area contributed by atoms with Crippen LogP contribution in [0.25, 0.3) is 0 Å². The third-order valence-corrected chi connectivity index (χ3v) is 2.62. The van der Waals surface area contributed by atoms with Crippen LogP contribution in [0.3, 0.4) is 0 Å². The van der Waals surface area contributed by atoms with Crippen LogP contribution in [0.2, 0.25) is 0 Å². The van der Waals surface area contributed by atoms with E-state index in [1.165, 1.54) is 12.1 Å². The Hall–Kier alpha value is -1.90. The van der Waals surface area contributed by atoms with Crippen molar-refractivity contribution >= 4 is 5.91 Å². The minimum absolute atomic E-state index is 0.0367. The minimum Gasteiger partial charge on any atom is -0.435 e. The maximum Gasteiger partial charge on any atom is 0.411 e. The summed E-state index contributed by atoms with van der Waals surface area (Å²) in [7, 11) is 0. The van der Waals surface area contributed by atoms with E-state index in [1.54, 1.807) is 12.1 Å². The number of carbonyl (C=O) groups excluding carboxylic acids is 1. The van der Waals surface area contributed by atoms with Crippen molar-refractivity contribution in [2.75, 3.05) is 19.8 Å². The average Bonchev–Trinajstić information content (AvgIpc) is 2.44. The lowest BCUT2D eigenvalue weighted by Gasteiger charge is -2.08. The maximum absolute atomic E-state index is 12.0. The van der Waals surface area contributed by atoms with Crippen LogP contribution in [-0.2, 0) is 16.0 Å². The van der Waals surface area contributed by atoms with Gasteiger partial charge in [-0.25, -0.2) is 0 Å². The van der Waals surface area contributed by atoms with Crippen LogP contribution < -0.4 is 10.1 Å². The predicted octanol–water partition coefficient (Wildman–Crippen LogP) is 2.92. The second kappa shape index (κ2) is 9.29. The van der Waals surface area contributed by atoms with Crippen molar-refractivity contribution in [1.82, 2.24) is 5.32 Å². The number of rotatable bonds is 9. The lowest BCUT2D eigenvalue weighted by atomic mass is 10.1. The zero-order valence-electron chi connectivity index (χ0n) is 12.0. The molecule has 1 aromatic carbocycles. The fraction of sp³-hybridized carbons (Fsp3) is 0.500. The first-order valence-electron chi connectivity index (χ1n) is 6.71. The highest BCUT2D eigenvalue weighted by atomic mass is 19.4. The molecular weight excluding hydrogens is 325 g/mol. The minimum atomic E-state index is -4.41. The number of nitrogens with one attached hydrogen (secondary N) is 1. The Kier molecular flexibility index (Phi) is 7.73. The van der Waals surface area contributed by atoms with Gasteiger partial charge in [0.2, 0.25) is 5.91 Å². The van der Waals surface area contributed by atoms with E-state index >= 15 is 0 Å². The first-order chi connectivity index (χ1) is 10.8. The zero-order chi connectivity index (χ0) is 17.3. The summed E-state index contributed by atoms with van der Waals surface area (Å²) in [6.45, 7) is -4.31. The van der Waals surface area contributed by atoms with Gasteiger partial charge in [-0.1, -0.05) is 12.1 Å². The molecule has 1 amide bonds. The Morgan fingerprint density at radius 2 is 1.83 bits per heavy atom. The van der Waals surface area contributed by atoms with Crippen LogP contribution in [-0.4, -0.2) is 38.5 Å². The van der Waals surface area contributed by atoms with Crippen molar-refractivity contribution < 1.29 is 36.2 Å². The monoisotopic (exact) mass is 341 g/mol. The number of hydrogen-bond acceptors (Lipinski definition) is 3. The largest absolute Gasteiger partial charge is 0.435 e.